The standard InChI is InChI=1S/C47H35N/c1-4-19-38(20-5-1)47(39-21-6-2-7-22-39)43-27-13-12-26-42(43)46-44(47)28-15-29-45(46)48(40-23-8-3-9-24-40)41-25-14-18-36(33-41)37-31-30-34-16-10-11-17-35(34)32-37/h1,3-6,8-11,13,15-24,27-33H,2,7,14,25H2. The van der Waals surface area contributed by atoms with Crippen molar-refractivity contribution in [2.24, 2.45) is 0 Å². The van der Waals surface area contributed by atoms with Gasteiger partial charge in [-0.3, -0.25) is 0 Å². The van der Waals surface area contributed by atoms with Crippen molar-refractivity contribution in [1.29, 1.82) is 0 Å². The van der Waals surface area contributed by atoms with Crippen LogP contribution in [0.2, 0.25) is 0 Å². The largest absolute Gasteiger partial charge is 0.314 e. The molecule has 6 aromatic rings. The van der Waals surface area contributed by atoms with Gasteiger partial charge in [0.25, 0.3) is 0 Å². The quantitative estimate of drug-likeness (QED) is 0.181. The minimum Gasteiger partial charge on any atom is -0.314 e. The van der Waals surface area contributed by atoms with Crippen molar-refractivity contribution in [3.05, 3.63) is 209 Å². The second-order valence-corrected chi connectivity index (χ2v) is 12.9. The van der Waals surface area contributed by atoms with Crippen LogP contribution in [0.15, 0.2) is 175 Å². The van der Waals surface area contributed by atoms with Gasteiger partial charge < -0.3 is 4.90 Å². The molecule has 0 bridgehead atoms. The summed E-state index contributed by atoms with van der Waals surface area (Å²) in [5.74, 6) is 0. The summed E-state index contributed by atoms with van der Waals surface area (Å²) in [7, 11) is 0. The van der Waals surface area contributed by atoms with Crippen LogP contribution >= 0.6 is 0 Å². The van der Waals surface area contributed by atoms with Gasteiger partial charge in [-0.15, -0.1) is 0 Å². The highest BCUT2D eigenvalue weighted by Gasteiger charge is 2.48. The number of anilines is 2. The smallest absolute Gasteiger partial charge is 0.0717 e. The molecule has 48 heavy (non-hydrogen) atoms. The molecule has 0 saturated carbocycles. The minimum atomic E-state index is -0.441. The number of hydrogen-bond donors (Lipinski definition) is 0. The van der Waals surface area contributed by atoms with Crippen LogP contribution in [0, 0.1) is 12.1 Å². The Balaban J connectivity index is 1.28. The molecule has 3 aliphatic carbocycles. The van der Waals surface area contributed by atoms with Crippen LogP contribution in [-0.4, -0.2) is 0 Å². The third kappa shape index (κ3) is 4.49. The molecule has 0 heterocycles. The monoisotopic (exact) mass is 613 g/mol. The molecule has 0 aromatic heterocycles. The van der Waals surface area contributed by atoms with E-state index >= 15 is 0 Å². The highest BCUT2D eigenvalue weighted by Crippen LogP contribution is 2.59. The van der Waals surface area contributed by atoms with Gasteiger partial charge >= 0.3 is 0 Å². The molecular formula is C47H35N. The lowest BCUT2D eigenvalue weighted by molar-refractivity contribution is 0.751. The maximum absolute atomic E-state index is 3.64. The first kappa shape index (κ1) is 28.4. The van der Waals surface area contributed by atoms with Gasteiger partial charge in [-0.05, 0) is 112 Å². The lowest BCUT2D eigenvalue weighted by atomic mass is 9.66. The Bertz CT molecular complexity index is 2290. The summed E-state index contributed by atoms with van der Waals surface area (Å²) in [6, 6.07) is 55.6. The third-order valence-electron chi connectivity index (χ3n) is 10.2. The van der Waals surface area contributed by atoms with Crippen LogP contribution in [-0.2, 0) is 5.41 Å². The maximum Gasteiger partial charge on any atom is 0.0717 e. The number of nitrogens with zero attached hydrogens (tertiary/aromatic N) is 1. The van der Waals surface area contributed by atoms with Crippen molar-refractivity contribution in [3.8, 4) is 11.1 Å². The molecule has 0 radical (unpaired) electrons. The molecular weight excluding hydrogens is 579 g/mol. The Kier molecular flexibility index (Phi) is 6.95. The Hall–Kier alpha value is -5.84. The van der Waals surface area contributed by atoms with E-state index in [4.69, 9.17) is 0 Å². The van der Waals surface area contributed by atoms with Crippen LogP contribution in [0.5, 0.6) is 0 Å². The lowest BCUT2D eigenvalue weighted by Gasteiger charge is -2.36. The number of rotatable bonds is 6. The maximum atomic E-state index is 3.64. The Morgan fingerprint density at radius 1 is 0.646 bits per heavy atom. The highest BCUT2D eigenvalue weighted by molar-refractivity contribution is 5.96. The third-order valence-corrected chi connectivity index (χ3v) is 10.2. The summed E-state index contributed by atoms with van der Waals surface area (Å²) in [5.41, 5.74) is 13.3. The lowest BCUT2D eigenvalue weighted by Crippen LogP contribution is -2.29. The second kappa shape index (κ2) is 11.8. The predicted octanol–water partition coefficient (Wildman–Crippen LogP) is 11.9. The fraction of sp³-hybridized carbons (Fsp3) is 0.106. The summed E-state index contributed by atoms with van der Waals surface area (Å²) in [6.45, 7) is 0. The van der Waals surface area contributed by atoms with Gasteiger partial charge in [-0.25, -0.2) is 0 Å². The molecule has 1 atom stereocenters. The van der Waals surface area contributed by atoms with E-state index in [1.165, 1.54) is 61.1 Å². The van der Waals surface area contributed by atoms with E-state index in [0.29, 0.717) is 0 Å². The summed E-state index contributed by atoms with van der Waals surface area (Å²) >= 11 is 0. The van der Waals surface area contributed by atoms with E-state index in [0.717, 1.165) is 36.9 Å². The molecule has 3 aliphatic rings. The summed E-state index contributed by atoms with van der Waals surface area (Å²) in [5, 5.41) is 2.54. The minimum absolute atomic E-state index is 0.441. The van der Waals surface area contributed by atoms with Crippen LogP contribution in [0.3, 0.4) is 0 Å². The van der Waals surface area contributed by atoms with Crippen molar-refractivity contribution in [3.63, 3.8) is 0 Å². The molecule has 1 unspecified atom stereocenters. The Morgan fingerprint density at radius 2 is 1.46 bits per heavy atom. The van der Waals surface area contributed by atoms with Crippen molar-refractivity contribution < 1.29 is 0 Å². The highest BCUT2D eigenvalue weighted by atomic mass is 15.2. The molecule has 9 rings (SSSR count). The molecule has 0 N–H and O–H groups in total. The first-order valence-corrected chi connectivity index (χ1v) is 17.1. The van der Waals surface area contributed by atoms with Crippen molar-refractivity contribution in [2.75, 3.05) is 4.90 Å². The van der Waals surface area contributed by atoms with Gasteiger partial charge in [0, 0.05) is 22.5 Å². The summed E-state index contributed by atoms with van der Waals surface area (Å²) in [6.07, 6.45) is 16.0. The topological polar surface area (TPSA) is 3.24 Å². The van der Waals surface area contributed by atoms with Gasteiger partial charge in [0.2, 0.25) is 0 Å². The zero-order chi connectivity index (χ0) is 31.9. The van der Waals surface area contributed by atoms with E-state index in [1.807, 2.05) is 6.07 Å². The molecule has 0 aliphatic heterocycles. The fourth-order valence-corrected chi connectivity index (χ4v) is 8.18. The second-order valence-electron chi connectivity index (χ2n) is 12.9. The summed E-state index contributed by atoms with van der Waals surface area (Å²) < 4.78 is 0. The number of allylic oxidation sites excluding steroid dienone is 8. The zero-order valence-electron chi connectivity index (χ0n) is 26.9. The molecule has 6 aromatic carbocycles. The van der Waals surface area contributed by atoms with Crippen molar-refractivity contribution >= 4 is 27.7 Å². The molecule has 228 valence electrons. The first-order chi connectivity index (χ1) is 23.8. The van der Waals surface area contributed by atoms with E-state index in [-0.39, 0.29) is 0 Å². The first-order valence-electron chi connectivity index (χ1n) is 17.1. The molecule has 0 fully saturated rings. The Labute approximate surface area is 283 Å². The van der Waals surface area contributed by atoms with Gasteiger partial charge in [-0.1, -0.05) is 133 Å². The number of fused-ring (bicyclic) bond motifs is 4. The van der Waals surface area contributed by atoms with Crippen LogP contribution in [0.1, 0.15) is 47.9 Å². The SMILES string of the molecule is c1ccc2c(c#1)-c1c(N(C3=CC(c4ccc5ccccc5c4)=CCC3)c3ccccc3)cccc1C2(C1=CCCC=C1)c1ccccc1. The molecule has 0 spiro atoms. The average Bonchev–Trinajstić information content (AvgIpc) is 3.48. The number of para-hydroxylation sites is 1. The molecule has 0 amide bonds. The fourth-order valence-electron chi connectivity index (χ4n) is 8.18. The van der Waals surface area contributed by atoms with Crippen molar-refractivity contribution in [1.82, 2.24) is 0 Å². The predicted molar refractivity (Wildman–Crippen MR) is 200 cm³/mol. The molecule has 1 heteroatoms. The van der Waals surface area contributed by atoms with Gasteiger partial charge in [0.1, 0.15) is 0 Å². The molecule has 1 nitrogen and oxygen atoms in total. The van der Waals surface area contributed by atoms with Gasteiger partial charge in [0.05, 0.1) is 11.1 Å². The van der Waals surface area contributed by atoms with Gasteiger partial charge in [0.15, 0.2) is 0 Å². The van der Waals surface area contributed by atoms with E-state index < -0.39 is 5.41 Å². The number of hydrogen-bond acceptors (Lipinski definition) is 1. The normalized spacial score (nSPS) is 17.9. The van der Waals surface area contributed by atoms with E-state index in [9.17, 15) is 0 Å². The van der Waals surface area contributed by atoms with E-state index in [2.05, 4.69) is 175 Å². The van der Waals surface area contributed by atoms with Gasteiger partial charge in [-0.2, -0.15) is 0 Å². The van der Waals surface area contributed by atoms with E-state index in [1.54, 1.807) is 0 Å². The van der Waals surface area contributed by atoms with Crippen LogP contribution in [0.25, 0.3) is 27.5 Å². The van der Waals surface area contributed by atoms with Crippen LogP contribution < -0.4 is 4.90 Å². The molecule has 0 saturated heterocycles. The zero-order valence-corrected chi connectivity index (χ0v) is 26.9. The summed E-state index contributed by atoms with van der Waals surface area (Å²) in [4.78, 5) is 2.50. The number of benzene rings is 5. The average molecular weight is 614 g/mol. The van der Waals surface area contributed by atoms with Crippen LogP contribution in [0.4, 0.5) is 11.4 Å². The van der Waals surface area contributed by atoms with Crippen molar-refractivity contribution in [2.45, 2.75) is 31.1 Å². The Morgan fingerprint density at radius 3 is 2.29 bits per heavy atom.